The number of aromatic nitrogens is 1. The normalized spacial score (nSPS) is 10.8. The van der Waals surface area contributed by atoms with E-state index in [-0.39, 0.29) is 30.0 Å². The molecule has 1 aromatic heterocycles. The Hall–Kier alpha value is -4.17. The fourth-order valence-electron chi connectivity index (χ4n) is 3.92. The zero-order chi connectivity index (χ0) is 27.1. The van der Waals surface area contributed by atoms with Gasteiger partial charge in [-0.3, -0.25) is 9.59 Å². The van der Waals surface area contributed by atoms with Gasteiger partial charge < -0.3 is 19.6 Å². The van der Waals surface area contributed by atoms with Crippen molar-refractivity contribution in [1.82, 2.24) is 10.3 Å². The summed E-state index contributed by atoms with van der Waals surface area (Å²) in [4.78, 5) is 28.3. The van der Waals surface area contributed by atoms with Gasteiger partial charge in [-0.2, -0.15) is 0 Å². The van der Waals surface area contributed by atoms with Crippen LogP contribution in [-0.2, 0) is 24.2 Å². The van der Waals surface area contributed by atoms with Crippen molar-refractivity contribution >= 4 is 23.5 Å². The number of aliphatic carboxylic acids is 1. The second-order valence-corrected chi connectivity index (χ2v) is 9.00. The fourth-order valence-corrected chi connectivity index (χ4v) is 4.10. The Kier molecular flexibility index (Phi) is 8.76. The van der Waals surface area contributed by atoms with E-state index in [1.165, 1.54) is 18.2 Å². The molecule has 0 fully saturated rings. The van der Waals surface area contributed by atoms with Crippen LogP contribution in [0.5, 0.6) is 5.75 Å². The highest BCUT2D eigenvalue weighted by Gasteiger charge is 2.16. The third-order valence-corrected chi connectivity index (χ3v) is 6.23. The molecular weight excluding hydrogens is 511 g/mol. The van der Waals surface area contributed by atoms with Crippen LogP contribution in [0.2, 0.25) is 5.02 Å². The third kappa shape index (κ3) is 6.77. The van der Waals surface area contributed by atoms with E-state index < -0.39 is 17.7 Å². The molecular formula is C29H26ClFN2O5. The second kappa shape index (κ2) is 12.4. The molecule has 0 aliphatic heterocycles. The van der Waals surface area contributed by atoms with Crippen molar-refractivity contribution in [2.75, 3.05) is 6.61 Å². The molecule has 0 saturated carbocycles. The summed E-state index contributed by atoms with van der Waals surface area (Å²) in [5, 5.41) is 11.6. The Bertz CT molecular complexity index is 1440. The van der Waals surface area contributed by atoms with Gasteiger partial charge >= 0.3 is 5.97 Å². The Balaban J connectivity index is 1.43. The van der Waals surface area contributed by atoms with Crippen LogP contribution in [0.4, 0.5) is 4.39 Å². The van der Waals surface area contributed by atoms with Gasteiger partial charge in [0.15, 0.2) is 5.82 Å². The summed E-state index contributed by atoms with van der Waals surface area (Å²) in [7, 11) is 0. The Labute approximate surface area is 224 Å². The smallest absolute Gasteiger partial charge is 0.303 e. The van der Waals surface area contributed by atoms with E-state index in [1.54, 1.807) is 18.2 Å². The highest BCUT2D eigenvalue weighted by Crippen LogP contribution is 2.24. The van der Waals surface area contributed by atoms with Gasteiger partial charge in [-0.05, 0) is 60.9 Å². The van der Waals surface area contributed by atoms with Crippen molar-refractivity contribution in [3.8, 4) is 17.2 Å². The van der Waals surface area contributed by atoms with Crippen molar-refractivity contribution in [2.45, 2.75) is 32.7 Å². The van der Waals surface area contributed by atoms with Crippen LogP contribution in [0.1, 0.15) is 39.4 Å². The van der Waals surface area contributed by atoms with Gasteiger partial charge in [0.2, 0.25) is 5.89 Å². The zero-order valence-corrected chi connectivity index (χ0v) is 21.4. The lowest BCUT2D eigenvalue weighted by Crippen LogP contribution is -2.24. The predicted molar refractivity (Wildman–Crippen MR) is 141 cm³/mol. The Morgan fingerprint density at radius 3 is 2.61 bits per heavy atom. The number of halogens is 2. The fraction of sp³-hybridized carbons (Fsp3) is 0.207. The van der Waals surface area contributed by atoms with Crippen LogP contribution >= 0.6 is 11.6 Å². The standard InChI is InChI=1S/C29H26ClFN2O5/c1-18-25(33-29(38-18)20-6-3-2-4-7-20)14-15-37-22-12-10-19(11-13-26(34)35)21(16-22)17-32-28(36)23-8-5-9-24(30)27(23)31/h2-10,12,16H,11,13-15,17H2,1H3,(H,32,36)(H,34,35). The second-order valence-electron chi connectivity index (χ2n) is 8.59. The zero-order valence-electron chi connectivity index (χ0n) is 20.7. The van der Waals surface area contributed by atoms with E-state index in [4.69, 9.17) is 25.9 Å². The number of carbonyl (C=O) groups excluding carboxylic acids is 1. The van der Waals surface area contributed by atoms with Gasteiger partial charge in [0.25, 0.3) is 5.91 Å². The quantitative estimate of drug-likeness (QED) is 0.243. The van der Waals surface area contributed by atoms with Crippen molar-refractivity contribution < 1.29 is 28.2 Å². The third-order valence-electron chi connectivity index (χ3n) is 5.94. The summed E-state index contributed by atoms with van der Waals surface area (Å²) in [6, 6.07) is 19.1. The number of nitrogens with zero attached hydrogens (tertiary/aromatic N) is 1. The summed E-state index contributed by atoms with van der Waals surface area (Å²) in [5.41, 5.74) is 2.92. The first-order chi connectivity index (χ1) is 18.3. The van der Waals surface area contributed by atoms with E-state index >= 15 is 0 Å². The minimum absolute atomic E-state index is 0.0553. The maximum atomic E-state index is 14.2. The van der Waals surface area contributed by atoms with Gasteiger partial charge in [0.1, 0.15) is 11.5 Å². The van der Waals surface area contributed by atoms with Gasteiger partial charge in [-0.25, -0.2) is 9.37 Å². The van der Waals surface area contributed by atoms with Gasteiger partial charge in [0, 0.05) is 24.9 Å². The number of carboxylic acid groups (broad SMARTS) is 1. The summed E-state index contributed by atoms with van der Waals surface area (Å²) in [6.07, 6.45) is 0.717. The Morgan fingerprint density at radius 2 is 1.84 bits per heavy atom. The largest absolute Gasteiger partial charge is 0.493 e. The van der Waals surface area contributed by atoms with Crippen LogP contribution in [0, 0.1) is 12.7 Å². The number of oxazole rings is 1. The molecule has 4 aromatic rings. The van der Waals surface area contributed by atoms with Gasteiger partial charge in [-0.1, -0.05) is 41.9 Å². The number of carboxylic acids is 1. The monoisotopic (exact) mass is 536 g/mol. The van der Waals surface area contributed by atoms with E-state index in [9.17, 15) is 14.0 Å². The molecule has 1 heterocycles. The molecule has 0 aliphatic rings. The highest BCUT2D eigenvalue weighted by molar-refractivity contribution is 6.31. The molecule has 0 spiro atoms. The summed E-state index contributed by atoms with van der Waals surface area (Å²) in [6.45, 7) is 2.24. The van der Waals surface area contributed by atoms with Crippen LogP contribution in [-0.4, -0.2) is 28.6 Å². The average Bonchev–Trinajstić information content (AvgIpc) is 3.29. The molecule has 0 bridgehead atoms. The number of carbonyl (C=O) groups is 2. The SMILES string of the molecule is Cc1oc(-c2ccccc2)nc1CCOc1ccc(CCC(=O)O)c(CNC(=O)c2cccc(Cl)c2F)c1. The maximum absolute atomic E-state index is 14.2. The molecule has 0 aliphatic carbocycles. The lowest BCUT2D eigenvalue weighted by atomic mass is 10.0. The molecule has 0 unspecified atom stereocenters. The van der Waals surface area contributed by atoms with Crippen LogP contribution in [0.25, 0.3) is 11.5 Å². The van der Waals surface area contributed by atoms with Crippen molar-refractivity contribution in [2.24, 2.45) is 0 Å². The van der Waals surface area contributed by atoms with E-state index in [0.29, 0.717) is 36.0 Å². The van der Waals surface area contributed by atoms with Crippen molar-refractivity contribution in [1.29, 1.82) is 0 Å². The molecule has 0 atom stereocenters. The summed E-state index contributed by atoms with van der Waals surface area (Å²) >= 11 is 5.79. The topological polar surface area (TPSA) is 102 Å². The predicted octanol–water partition coefficient (Wildman–Crippen LogP) is 6.01. The van der Waals surface area contributed by atoms with Gasteiger partial charge in [-0.15, -0.1) is 0 Å². The van der Waals surface area contributed by atoms with Crippen molar-refractivity contribution in [3.63, 3.8) is 0 Å². The lowest BCUT2D eigenvalue weighted by molar-refractivity contribution is -0.136. The average molecular weight is 537 g/mol. The summed E-state index contributed by atoms with van der Waals surface area (Å²) in [5.74, 6) is -0.543. The minimum Gasteiger partial charge on any atom is -0.493 e. The first kappa shape index (κ1) is 26.9. The maximum Gasteiger partial charge on any atom is 0.303 e. The summed E-state index contributed by atoms with van der Waals surface area (Å²) < 4.78 is 26.0. The first-order valence-corrected chi connectivity index (χ1v) is 12.4. The molecule has 0 radical (unpaired) electrons. The molecule has 7 nitrogen and oxygen atoms in total. The molecule has 2 N–H and O–H groups in total. The van der Waals surface area contributed by atoms with Crippen LogP contribution in [0.3, 0.4) is 0 Å². The number of rotatable bonds is 11. The number of amides is 1. The van der Waals surface area contributed by atoms with Crippen LogP contribution < -0.4 is 10.1 Å². The highest BCUT2D eigenvalue weighted by atomic mass is 35.5. The van der Waals surface area contributed by atoms with Crippen LogP contribution in [0.15, 0.2) is 71.1 Å². The first-order valence-electron chi connectivity index (χ1n) is 12.0. The molecule has 196 valence electrons. The minimum atomic E-state index is -0.931. The number of hydrogen-bond donors (Lipinski definition) is 2. The number of ether oxygens (including phenoxy) is 1. The number of hydrogen-bond acceptors (Lipinski definition) is 5. The Morgan fingerprint density at radius 1 is 1.05 bits per heavy atom. The van der Waals surface area contributed by atoms with E-state index in [0.717, 1.165) is 16.8 Å². The molecule has 1 amide bonds. The number of aryl methyl sites for hydroxylation is 2. The molecule has 9 heteroatoms. The number of benzene rings is 3. The molecule has 0 saturated heterocycles. The molecule has 38 heavy (non-hydrogen) atoms. The van der Waals surface area contributed by atoms with Crippen molar-refractivity contribution in [3.05, 3.63) is 106 Å². The lowest BCUT2D eigenvalue weighted by Gasteiger charge is -2.14. The molecule has 3 aromatic carbocycles. The van der Waals surface area contributed by atoms with E-state index in [1.807, 2.05) is 37.3 Å². The van der Waals surface area contributed by atoms with Gasteiger partial charge in [0.05, 0.1) is 22.9 Å². The molecule has 4 rings (SSSR count). The van der Waals surface area contributed by atoms with E-state index in [2.05, 4.69) is 10.3 Å². The number of nitrogens with one attached hydrogen (secondary N) is 1.